The molecule has 0 bridgehead atoms. The standard InChI is InChI=1S/C15H22N2OS/c1-10-6-11(8-16)9-17(10)15(18)14-7-12-4-2-3-5-13(12)19-14/h7,10-11H,2-6,8-9,16H2,1H3. The highest BCUT2D eigenvalue weighted by Crippen LogP contribution is 2.32. The first-order valence-electron chi connectivity index (χ1n) is 7.31. The zero-order valence-electron chi connectivity index (χ0n) is 11.5. The second kappa shape index (κ2) is 5.25. The third kappa shape index (κ3) is 2.43. The largest absolute Gasteiger partial charge is 0.335 e. The van der Waals surface area contributed by atoms with Gasteiger partial charge in [-0.2, -0.15) is 0 Å². The number of thiophene rings is 1. The Morgan fingerprint density at radius 2 is 2.26 bits per heavy atom. The van der Waals surface area contributed by atoms with Crippen molar-refractivity contribution in [2.75, 3.05) is 13.1 Å². The maximum atomic E-state index is 12.6. The van der Waals surface area contributed by atoms with Crippen LogP contribution in [0.2, 0.25) is 0 Å². The maximum absolute atomic E-state index is 12.6. The highest BCUT2D eigenvalue weighted by Gasteiger charge is 2.33. The van der Waals surface area contributed by atoms with Crippen LogP contribution in [0.5, 0.6) is 0 Å². The molecule has 1 aliphatic heterocycles. The molecule has 1 fully saturated rings. The van der Waals surface area contributed by atoms with Crippen molar-refractivity contribution in [3.05, 3.63) is 21.4 Å². The number of hydrogen-bond donors (Lipinski definition) is 1. The summed E-state index contributed by atoms with van der Waals surface area (Å²) in [5.41, 5.74) is 7.16. The number of aryl methyl sites for hydroxylation is 2. The van der Waals surface area contributed by atoms with Crippen LogP contribution >= 0.6 is 11.3 Å². The summed E-state index contributed by atoms with van der Waals surface area (Å²) in [5, 5.41) is 0. The molecule has 1 aliphatic carbocycles. The Hall–Kier alpha value is -0.870. The molecule has 2 N–H and O–H groups in total. The minimum absolute atomic E-state index is 0.225. The summed E-state index contributed by atoms with van der Waals surface area (Å²) in [6, 6.07) is 2.48. The van der Waals surface area contributed by atoms with Gasteiger partial charge in [0.25, 0.3) is 5.91 Å². The number of hydrogen-bond acceptors (Lipinski definition) is 3. The normalized spacial score (nSPS) is 26.5. The maximum Gasteiger partial charge on any atom is 0.264 e. The first kappa shape index (κ1) is 13.1. The Labute approximate surface area is 118 Å². The zero-order chi connectivity index (χ0) is 13.4. The molecule has 2 aliphatic rings. The van der Waals surface area contributed by atoms with Crippen molar-refractivity contribution in [2.24, 2.45) is 11.7 Å². The highest BCUT2D eigenvalue weighted by atomic mass is 32.1. The molecule has 19 heavy (non-hydrogen) atoms. The predicted octanol–water partition coefficient (Wildman–Crippen LogP) is 2.44. The number of rotatable bonds is 2. The van der Waals surface area contributed by atoms with E-state index in [1.54, 1.807) is 11.3 Å². The summed E-state index contributed by atoms with van der Waals surface area (Å²) in [5.74, 6) is 0.705. The average molecular weight is 278 g/mol. The second-order valence-corrected chi connectivity index (χ2v) is 7.05. The third-order valence-corrected chi connectivity index (χ3v) is 5.69. The van der Waals surface area contributed by atoms with Crippen LogP contribution in [0.4, 0.5) is 0 Å². The van der Waals surface area contributed by atoms with Gasteiger partial charge in [0, 0.05) is 17.5 Å². The van der Waals surface area contributed by atoms with E-state index in [0.717, 1.165) is 30.7 Å². The zero-order valence-corrected chi connectivity index (χ0v) is 12.3. The quantitative estimate of drug-likeness (QED) is 0.903. The van der Waals surface area contributed by atoms with Gasteiger partial charge < -0.3 is 10.6 Å². The van der Waals surface area contributed by atoms with Gasteiger partial charge in [0.05, 0.1) is 4.88 Å². The smallest absolute Gasteiger partial charge is 0.264 e. The third-order valence-electron chi connectivity index (χ3n) is 4.46. The molecule has 2 heterocycles. The number of carbonyl (C=O) groups is 1. The Bertz CT molecular complexity index is 459. The van der Waals surface area contributed by atoms with Gasteiger partial charge in [0.15, 0.2) is 0 Å². The lowest BCUT2D eigenvalue weighted by atomic mass is 9.99. The van der Waals surface area contributed by atoms with Crippen LogP contribution in [0.3, 0.4) is 0 Å². The van der Waals surface area contributed by atoms with Crippen LogP contribution in [0.25, 0.3) is 0 Å². The van der Waals surface area contributed by atoms with Gasteiger partial charge in [-0.3, -0.25) is 4.79 Å². The fourth-order valence-electron chi connectivity index (χ4n) is 3.33. The molecular formula is C15H22N2OS. The molecule has 104 valence electrons. The van der Waals surface area contributed by atoms with Crippen molar-refractivity contribution < 1.29 is 4.79 Å². The van der Waals surface area contributed by atoms with Gasteiger partial charge in [-0.05, 0) is 63.1 Å². The number of nitrogens with zero attached hydrogens (tertiary/aromatic N) is 1. The van der Waals surface area contributed by atoms with E-state index in [0.29, 0.717) is 18.5 Å². The summed E-state index contributed by atoms with van der Waals surface area (Å²) in [4.78, 5) is 17.0. The van der Waals surface area contributed by atoms with Gasteiger partial charge in [-0.1, -0.05) is 0 Å². The topological polar surface area (TPSA) is 46.3 Å². The summed E-state index contributed by atoms with van der Waals surface area (Å²) in [6.07, 6.45) is 5.91. The van der Waals surface area contributed by atoms with Crippen LogP contribution in [-0.4, -0.2) is 29.9 Å². The van der Waals surface area contributed by atoms with Crippen molar-refractivity contribution in [3.8, 4) is 0 Å². The van der Waals surface area contributed by atoms with Gasteiger partial charge in [0.1, 0.15) is 0 Å². The monoisotopic (exact) mass is 278 g/mol. The van der Waals surface area contributed by atoms with E-state index in [4.69, 9.17) is 5.73 Å². The summed E-state index contributed by atoms with van der Waals surface area (Å²) >= 11 is 1.72. The molecule has 3 rings (SSSR count). The molecule has 0 spiro atoms. The van der Waals surface area contributed by atoms with Gasteiger partial charge in [-0.25, -0.2) is 0 Å². The van der Waals surface area contributed by atoms with E-state index in [1.165, 1.54) is 23.3 Å². The molecule has 2 atom stereocenters. The predicted molar refractivity (Wildman–Crippen MR) is 78.6 cm³/mol. The van der Waals surface area contributed by atoms with E-state index < -0.39 is 0 Å². The molecule has 3 nitrogen and oxygen atoms in total. The van der Waals surface area contributed by atoms with E-state index >= 15 is 0 Å². The summed E-state index contributed by atoms with van der Waals surface area (Å²) < 4.78 is 0. The Balaban J connectivity index is 1.78. The van der Waals surface area contributed by atoms with Gasteiger partial charge in [0.2, 0.25) is 0 Å². The fourth-order valence-corrected chi connectivity index (χ4v) is 4.54. The lowest BCUT2D eigenvalue weighted by Crippen LogP contribution is -2.33. The van der Waals surface area contributed by atoms with Crippen LogP contribution in [0.1, 0.15) is 46.3 Å². The summed E-state index contributed by atoms with van der Waals surface area (Å²) in [6.45, 7) is 3.66. The van der Waals surface area contributed by atoms with E-state index in [1.807, 2.05) is 4.90 Å². The van der Waals surface area contributed by atoms with Crippen LogP contribution < -0.4 is 5.73 Å². The Kier molecular flexibility index (Phi) is 3.63. The number of amides is 1. The first-order chi connectivity index (χ1) is 9.19. The Morgan fingerprint density at radius 1 is 1.47 bits per heavy atom. The lowest BCUT2D eigenvalue weighted by molar-refractivity contribution is 0.0748. The van der Waals surface area contributed by atoms with Crippen molar-refractivity contribution in [1.82, 2.24) is 4.90 Å². The van der Waals surface area contributed by atoms with Crippen LogP contribution in [0, 0.1) is 5.92 Å². The molecule has 1 amide bonds. The van der Waals surface area contributed by atoms with Crippen LogP contribution in [0.15, 0.2) is 6.07 Å². The molecular weight excluding hydrogens is 256 g/mol. The SMILES string of the molecule is CC1CC(CN)CN1C(=O)c1cc2c(s1)CCCC2. The van der Waals surface area contributed by atoms with Crippen molar-refractivity contribution >= 4 is 17.2 Å². The summed E-state index contributed by atoms with van der Waals surface area (Å²) in [7, 11) is 0. The van der Waals surface area contributed by atoms with E-state index in [-0.39, 0.29) is 5.91 Å². The van der Waals surface area contributed by atoms with Crippen molar-refractivity contribution in [3.63, 3.8) is 0 Å². The number of carbonyl (C=O) groups excluding carboxylic acids is 1. The first-order valence-corrected chi connectivity index (χ1v) is 8.13. The van der Waals surface area contributed by atoms with Crippen molar-refractivity contribution in [2.45, 2.75) is 45.1 Å². The second-order valence-electron chi connectivity index (χ2n) is 5.91. The molecule has 1 aromatic rings. The number of fused-ring (bicyclic) bond motifs is 1. The van der Waals surface area contributed by atoms with Gasteiger partial charge in [-0.15, -0.1) is 11.3 Å². The van der Waals surface area contributed by atoms with Crippen LogP contribution in [-0.2, 0) is 12.8 Å². The average Bonchev–Trinajstić information content (AvgIpc) is 3.01. The molecule has 0 saturated carbocycles. The molecule has 2 unspecified atom stereocenters. The van der Waals surface area contributed by atoms with Gasteiger partial charge >= 0.3 is 0 Å². The number of nitrogens with two attached hydrogens (primary N) is 1. The molecule has 1 saturated heterocycles. The molecule has 0 radical (unpaired) electrons. The Morgan fingerprint density at radius 3 is 2.95 bits per heavy atom. The lowest BCUT2D eigenvalue weighted by Gasteiger charge is -2.20. The molecule has 4 heteroatoms. The minimum atomic E-state index is 0.225. The highest BCUT2D eigenvalue weighted by molar-refractivity contribution is 7.14. The fraction of sp³-hybridized carbons (Fsp3) is 0.667. The molecule has 0 aromatic carbocycles. The minimum Gasteiger partial charge on any atom is -0.335 e. The van der Waals surface area contributed by atoms with Crippen molar-refractivity contribution in [1.29, 1.82) is 0 Å². The molecule has 1 aromatic heterocycles. The van der Waals surface area contributed by atoms with E-state index in [2.05, 4.69) is 13.0 Å². The number of likely N-dealkylation sites (tertiary alicyclic amines) is 1. The van der Waals surface area contributed by atoms with E-state index in [9.17, 15) is 4.79 Å².